The van der Waals surface area contributed by atoms with Crippen LogP contribution in [-0.4, -0.2) is 58.6 Å². The average molecular weight is 398 g/mol. The maximum atomic E-state index is 13.2. The number of carbonyl (C=O) groups excluding carboxylic acids is 4. The summed E-state index contributed by atoms with van der Waals surface area (Å²) in [6.45, 7) is 4.18. The van der Waals surface area contributed by atoms with E-state index in [1.807, 2.05) is 6.07 Å². The highest BCUT2D eigenvalue weighted by Gasteiger charge is 2.45. The van der Waals surface area contributed by atoms with E-state index in [2.05, 4.69) is 17.1 Å². The first kappa shape index (κ1) is 19.7. The van der Waals surface area contributed by atoms with Crippen molar-refractivity contribution < 1.29 is 19.2 Å². The van der Waals surface area contributed by atoms with Crippen molar-refractivity contribution in [2.45, 2.75) is 51.2 Å². The number of fused-ring (bicyclic) bond motifs is 1. The summed E-state index contributed by atoms with van der Waals surface area (Å²) >= 11 is 0. The van der Waals surface area contributed by atoms with E-state index in [1.165, 1.54) is 0 Å². The molecule has 3 unspecified atom stereocenters. The Labute approximate surface area is 169 Å². The molecule has 8 nitrogen and oxygen atoms in total. The van der Waals surface area contributed by atoms with Crippen molar-refractivity contribution in [3.63, 3.8) is 0 Å². The van der Waals surface area contributed by atoms with E-state index >= 15 is 0 Å². The topological polar surface area (TPSA) is 113 Å². The second kappa shape index (κ2) is 7.68. The molecular weight excluding hydrogens is 372 g/mol. The highest BCUT2D eigenvalue weighted by atomic mass is 16.2. The lowest BCUT2D eigenvalue weighted by molar-refractivity contribution is -0.136. The van der Waals surface area contributed by atoms with Gasteiger partial charge in [-0.1, -0.05) is 19.1 Å². The summed E-state index contributed by atoms with van der Waals surface area (Å²) in [4.78, 5) is 53.2. The molecule has 154 valence electrons. The summed E-state index contributed by atoms with van der Waals surface area (Å²) in [5, 5.41) is 2.23. The van der Waals surface area contributed by atoms with Gasteiger partial charge >= 0.3 is 0 Å². The summed E-state index contributed by atoms with van der Waals surface area (Å²) in [6.07, 6.45) is 2.47. The summed E-state index contributed by atoms with van der Waals surface area (Å²) in [6, 6.07) is 4.56. The minimum Gasteiger partial charge on any atom is -0.329 e. The first-order chi connectivity index (χ1) is 13.9. The fourth-order valence-corrected chi connectivity index (χ4v) is 4.85. The zero-order valence-corrected chi connectivity index (χ0v) is 16.5. The zero-order chi connectivity index (χ0) is 20.7. The third kappa shape index (κ3) is 3.36. The van der Waals surface area contributed by atoms with Crippen LogP contribution in [0.3, 0.4) is 0 Å². The van der Waals surface area contributed by atoms with Gasteiger partial charge in [0.2, 0.25) is 11.8 Å². The van der Waals surface area contributed by atoms with Crippen LogP contribution < -0.4 is 11.1 Å². The van der Waals surface area contributed by atoms with E-state index in [4.69, 9.17) is 5.73 Å². The van der Waals surface area contributed by atoms with Crippen LogP contribution in [0.2, 0.25) is 0 Å². The molecule has 3 aliphatic heterocycles. The summed E-state index contributed by atoms with van der Waals surface area (Å²) < 4.78 is 0. The molecule has 3 atom stereocenters. The van der Waals surface area contributed by atoms with E-state index in [-0.39, 0.29) is 24.8 Å². The van der Waals surface area contributed by atoms with Gasteiger partial charge in [-0.2, -0.15) is 0 Å². The molecule has 0 bridgehead atoms. The number of piperidine rings is 2. The Morgan fingerprint density at radius 2 is 1.93 bits per heavy atom. The van der Waals surface area contributed by atoms with Crippen LogP contribution in [0.15, 0.2) is 18.2 Å². The Bertz CT molecular complexity index is 883. The molecule has 4 rings (SSSR count). The van der Waals surface area contributed by atoms with Crippen molar-refractivity contribution in [3.8, 4) is 0 Å². The molecule has 1 aromatic carbocycles. The molecule has 0 saturated carbocycles. The van der Waals surface area contributed by atoms with Crippen molar-refractivity contribution in [1.29, 1.82) is 0 Å². The minimum absolute atomic E-state index is 0.112. The van der Waals surface area contributed by atoms with Gasteiger partial charge in [0.25, 0.3) is 11.8 Å². The average Bonchev–Trinajstić information content (AvgIpc) is 2.94. The minimum atomic E-state index is -0.945. The van der Waals surface area contributed by atoms with Crippen LogP contribution in [0.1, 0.15) is 58.9 Å². The Hall–Kier alpha value is -2.58. The SMILES string of the molecule is CC1CCCN(Cc2cccc3c2C(=O)N(C2CCC(=O)NC2=O)C3=O)C1CN. The molecule has 4 amide bonds. The summed E-state index contributed by atoms with van der Waals surface area (Å²) in [7, 11) is 0. The van der Waals surface area contributed by atoms with Crippen molar-refractivity contribution in [2.75, 3.05) is 13.1 Å². The van der Waals surface area contributed by atoms with Gasteiger partial charge < -0.3 is 5.73 Å². The number of hydrogen-bond acceptors (Lipinski definition) is 6. The van der Waals surface area contributed by atoms with Crippen LogP contribution in [-0.2, 0) is 16.1 Å². The van der Waals surface area contributed by atoms with Crippen LogP contribution in [0, 0.1) is 5.92 Å². The molecule has 29 heavy (non-hydrogen) atoms. The zero-order valence-electron chi connectivity index (χ0n) is 16.5. The number of hydrogen-bond donors (Lipinski definition) is 2. The highest BCUT2D eigenvalue weighted by Crippen LogP contribution is 2.32. The van der Waals surface area contributed by atoms with Gasteiger partial charge in [0.1, 0.15) is 6.04 Å². The first-order valence-corrected chi connectivity index (χ1v) is 10.2. The number of nitrogens with zero attached hydrogens (tertiary/aromatic N) is 2. The van der Waals surface area contributed by atoms with E-state index in [1.54, 1.807) is 12.1 Å². The lowest BCUT2D eigenvalue weighted by Crippen LogP contribution is -2.54. The number of rotatable bonds is 4. The highest BCUT2D eigenvalue weighted by molar-refractivity contribution is 6.24. The van der Waals surface area contributed by atoms with Crippen LogP contribution >= 0.6 is 0 Å². The third-order valence-electron chi connectivity index (χ3n) is 6.40. The standard InChI is InChI=1S/C21H26N4O4/c1-12-4-3-9-24(16(12)10-22)11-13-5-2-6-14-18(13)21(29)25(20(14)28)15-7-8-17(26)23-19(15)27/h2,5-6,12,15-16H,3-4,7-11,22H2,1H3,(H,23,26,27). The maximum Gasteiger partial charge on any atom is 0.262 e. The van der Waals surface area contributed by atoms with Crippen molar-refractivity contribution >= 4 is 23.6 Å². The van der Waals surface area contributed by atoms with Gasteiger partial charge in [0.15, 0.2) is 0 Å². The van der Waals surface area contributed by atoms with Crippen molar-refractivity contribution in [1.82, 2.24) is 15.1 Å². The van der Waals surface area contributed by atoms with E-state index in [0.717, 1.165) is 29.8 Å². The number of benzene rings is 1. The molecule has 3 heterocycles. The molecule has 0 aliphatic carbocycles. The molecule has 2 fully saturated rings. The third-order valence-corrected chi connectivity index (χ3v) is 6.40. The molecule has 2 saturated heterocycles. The monoisotopic (exact) mass is 398 g/mol. The van der Waals surface area contributed by atoms with Gasteiger partial charge in [0.05, 0.1) is 11.1 Å². The molecule has 0 spiro atoms. The Morgan fingerprint density at radius 3 is 2.66 bits per heavy atom. The Kier molecular flexibility index (Phi) is 5.23. The van der Waals surface area contributed by atoms with Crippen LogP contribution in [0.4, 0.5) is 0 Å². The van der Waals surface area contributed by atoms with Crippen molar-refractivity contribution in [2.24, 2.45) is 11.7 Å². The van der Waals surface area contributed by atoms with E-state index in [0.29, 0.717) is 30.1 Å². The van der Waals surface area contributed by atoms with E-state index in [9.17, 15) is 19.2 Å². The predicted molar refractivity (Wildman–Crippen MR) is 105 cm³/mol. The number of likely N-dealkylation sites (tertiary alicyclic amines) is 1. The molecule has 8 heteroatoms. The normalized spacial score (nSPS) is 27.9. The summed E-state index contributed by atoms with van der Waals surface area (Å²) in [5.74, 6) is -1.42. The first-order valence-electron chi connectivity index (χ1n) is 10.2. The van der Waals surface area contributed by atoms with Gasteiger partial charge in [-0.3, -0.25) is 34.3 Å². The Morgan fingerprint density at radius 1 is 1.14 bits per heavy atom. The fraction of sp³-hybridized carbons (Fsp3) is 0.524. The molecule has 0 aromatic heterocycles. The lowest BCUT2D eigenvalue weighted by Gasteiger charge is -2.39. The second-order valence-corrected chi connectivity index (χ2v) is 8.18. The van der Waals surface area contributed by atoms with Gasteiger partial charge in [-0.05, 0) is 43.4 Å². The quantitative estimate of drug-likeness (QED) is 0.720. The largest absolute Gasteiger partial charge is 0.329 e. The van der Waals surface area contributed by atoms with Gasteiger partial charge in [-0.25, -0.2) is 0 Å². The molecule has 3 aliphatic rings. The molecule has 0 radical (unpaired) electrons. The number of amides is 4. The molecule has 3 N–H and O–H groups in total. The maximum absolute atomic E-state index is 13.2. The lowest BCUT2D eigenvalue weighted by atomic mass is 9.90. The van der Waals surface area contributed by atoms with Gasteiger partial charge in [0, 0.05) is 25.6 Å². The van der Waals surface area contributed by atoms with Gasteiger partial charge in [-0.15, -0.1) is 0 Å². The Balaban J connectivity index is 1.63. The van der Waals surface area contributed by atoms with Crippen molar-refractivity contribution in [3.05, 3.63) is 34.9 Å². The van der Waals surface area contributed by atoms with E-state index < -0.39 is 23.8 Å². The fourth-order valence-electron chi connectivity index (χ4n) is 4.85. The number of nitrogens with two attached hydrogens (primary N) is 1. The predicted octanol–water partition coefficient (Wildman–Crippen LogP) is 0.647. The second-order valence-electron chi connectivity index (χ2n) is 8.18. The smallest absolute Gasteiger partial charge is 0.262 e. The summed E-state index contributed by atoms with van der Waals surface area (Å²) in [5.41, 5.74) is 7.48. The van der Waals surface area contributed by atoms with Crippen LogP contribution in [0.25, 0.3) is 0 Å². The van der Waals surface area contributed by atoms with Crippen LogP contribution in [0.5, 0.6) is 0 Å². The molecular formula is C21H26N4O4. The number of nitrogens with one attached hydrogen (secondary N) is 1. The number of carbonyl (C=O) groups is 4. The number of imide groups is 2. The molecule has 1 aromatic rings.